The van der Waals surface area contributed by atoms with Crippen LogP contribution in [0.3, 0.4) is 0 Å². The quantitative estimate of drug-likeness (QED) is 0.921. The minimum absolute atomic E-state index is 0.0784. The number of carbonyl (C=O) groups excluding carboxylic acids is 1. The van der Waals surface area contributed by atoms with Crippen LogP contribution in [0.1, 0.15) is 29.0 Å². The van der Waals surface area contributed by atoms with E-state index in [0.29, 0.717) is 5.69 Å². The summed E-state index contributed by atoms with van der Waals surface area (Å²) in [6.07, 6.45) is 1.69. The first-order chi connectivity index (χ1) is 9.97. The lowest BCUT2D eigenvalue weighted by molar-refractivity contribution is 0.0935. The second-order valence-electron chi connectivity index (χ2n) is 5.05. The molecule has 2 rings (SSSR count). The second-order valence-corrected chi connectivity index (χ2v) is 5.96. The number of nitrogens with one attached hydrogen (secondary N) is 1. The van der Waals surface area contributed by atoms with E-state index in [4.69, 9.17) is 0 Å². The summed E-state index contributed by atoms with van der Waals surface area (Å²) in [5.41, 5.74) is 2.43. The number of pyridine rings is 1. The highest BCUT2D eigenvalue weighted by molar-refractivity contribution is 9.10. The molecule has 0 radical (unpaired) electrons. The van der Waals surface area contributed by atoms with Gasteiger partial charge in [0.15, 0.2) is 0 Å². The fourth-order valence-electron chi connectivity index (χ4n) is 1.91. The number of hydrogen-bond donors (Lipinski definition) is 1. The van der Waals surface area contributed by atoms with Gasteiger partial charge in [0.2, 0.25) is 0 Å². The van der Waals surface area contributed by atoms with Crippen molar-refractivity contribution in [3.8, 4) is 0 Å². The van der Waals surface area contributed by atoms with Crippen molar-refractivity contribution in [1.82, 2.24) is 10.3 Å². The average molecular weight is 348 g/mol. The van der Waals surface area contributed by atoms with Gasteiger partial charge < -0.3 is 10.2 Å². The number of amides is 1. The third kappa shape index (κ3) is 4.04. The smallest absolute Gasteiger partial charge is 0.270 e. The molecule has 0 spiro atoms. The summed E-state index contributed by atoms with van der Waals surface area (Å²) in [5.74, 6) is -0.173. The normalized spacial score (nSPS) is 11.8. The average Bonchev–Trinajstić information content (AvgIpc) is 2.47. The van der Waals surface area contributed by atoms with Crippen molar-refractivity contribution in [3.63, 3.8) is 0 Å². The summed E-state index contributed by atoms with van der Waals surface area (Å²) in [6, 6.07) is 11.4. The minimum atomic E-state index is -0.173. The fraction of sp³-hybridized carbons (Fsp3) is 0.250. The van der Waals surface area contributed by atoms with Crippen LogP contribution in [0.2, 0.25) is 0 Å². The molecular weight excluding hydrogens is 330 g/mol. The van der Waals surface area contributed by atoms with Gasteiger partial charge in [-0.1, -0.05) is 28.1 Å². The number of anilines is 1. The molecule has 1 aromatic carbocycles. The van der Waals surface area contributed by atoms with E-state index in [1.54, 1.807) is 12.3 Å². The summed E-state index contributed by atoms with van der Waals surface area (Å²) >= 11 is 3.43. The van der Waals surface area contributed by atoms with Crippen LogP contribution in [-0.4, -0.2) is 25.0 Å². The number of hydrogen-bond acceptors (Lipinski definition) is 3. The third-order valence-electron chi connectivity index (χ3n) is 3.19. The Morgan fingerprint density at radius 3 is 2.62 bits per heavy atom. The zero-order valence-electron chi connectivity index (χ0n) is 12.3. The molecule has 4 nitrogen and oxygen atoms in total. The van der Waals surface area contributed by atoms with E-state index in [9.17, 15) is 4.79 Å². The highest BCUT2D eigenvalue weighted by Crippen LogP contribution is 2.18. The van der Waals surface area contributed by atoms with Crippen molar-refractivity contribution in [2.24, 2.45) is 0 Å². The summed E-state index contributed by atoms with van der Waals surface area (Å²) in [6.45, 7) is 1.95. The van der Waals surface area contributed by atoms with E-state index in [0.717, 1.165) is 15.7 Å². The number of nitrogens with zero attached hydrogens (tertiary/aromatic N) is 2. The molecule has 0 aliphatic carbocycles. The van der Waals surface area contributed by atoms with Crippen LogP contribution < -0.4 is 10.2 Å². The van der Waals surface area contributed by atoms with Gasteiger partial charge in [-0.25, -0.2) is 4.98 Å². The zero-order valence-corrected chi connectivity index (χ0v) is 13.9. The molecule has 110 valence electrons. The van der Waals surface area contributed by atoms with Crippen molar-refractivity contribution < 1.29 is 4.79 Å². The van der Waals surface area contributed by atoms with E-state index >= 15 is 0 Å². The standard InChI is InChI=1S/C16H18BrN3O/c1-11(12-5-4-6-13(17)9-12)19-16(21)15-8-7-14(10-18-15)20(2)3/h4-11H,1-3H3,(H,19,21)/t11-/m1/s1. The maximum Gasteiger partial charge on any atom is 0.270 e. The topological polar surface area (TPSA) is 45.2 Å². The molecule has 2 aromatic rings. The van der Waals surface area contributed by atoms with Crippen molar-refractivity contribution in [1.29, 1.82) is 0 Å². The Morgan fingerprint density at radius 1 is 1.29 bits per heavy atom. The monoisotopic (exact) mass is 347 g/mol. The maximum absolute atomic E-state index is 12.2. The molecular formula is C16H18BrN3O. The lowest BCUT2D eigenvalue weighted by Gasteiger charge is -2.15. The Kier molecular flexibility index (Phi) is 4.96. The van der Waals surface area contributed by atoms with Gasteiger partial charge in [0.25, 0.3) is 5.91 Å². The van der Waals surface area contributed by atoms with Crippen LogP contribution in [0, 0.1) is 0 Å². The van der Waals surface area contributed by atoms with Crippen molar-refractivity contribution in [2.75, 3.05) is 19.0 Å². The van der Waals surface area contributed by atoms with Gasteiger partial charge in [-0.3, -0.25) is 4.79 Å². The first-order valence-electron chi connectivity index (χ1n) is 6.67. The Hall–Kier alpha value is -1.88. The van der Waals surface area contributed by atoms with Crippen molar-refractivity contribution in [2.45, 2.75) is 13.0 Å². The lowest BCUT2D eigenvalue weighted by Crippen LogP contribution is -2.27. The molecule has 0 aliphatic rings. The Balaban J connectivity index is 2.07. The van der Waals surface area contributed by atoms with Gasteiger partial charge in [0.1, 0.15) is 5.69 Å². The van der Waals surface area contributed by atoms with Crippen LogP contribution in [0.25, 0.3) is 0 Å². The number of carbonyl (C=O) groups is 1. The van der Waals surface area contributed by atoms with Crippen molar-refractivity contribution in [3.05, 3.63) is 58.3 Å². The number of aromatic nitrogens is 1. The highest BCUT2D eigenvalue weighted by Gasteiger charge is 2.12. The summed E-state index contributed by atoms with van der Waals surface area (Å²) in [5, 5.41) is 2.95. The van der Waals surface area contributed by atoms with Gasteiger partial charge in [-0.05, 0) is 36.8 Å². The van der Waals surface area contributed by atoms with E-state index in [2.05, 4.69) is 26.2 Å². The number of halogens is 1. The number of rotatable bonds is 4. The molecule has 1 aromatic heterocycles. The van der Waals surface area contributed by atoms with Gasteiger partial charge in [-0.2, -0.15) is 0 Å². The summed E-state index contributed by atoms with van der Waals surface area (Å²) in [7, 11) is 3.87. The second kappa shape index (κ2) is 6.72. The minimum Gasteiger partial charge on any atom is -0.376 e. The first-order valence-corrected chi connectivity index (χ1v) is 7.46. The van der Waals surface area contributed by atoms with Gasteiger partial charge in [0, 0.05) is 18.6 Å². The van der Waals surface area contributed by atoms with Crippen LogP contribution >= 0.6 is 15.9 Å². The van der Waals surface area contributed by atoms with E-state index in [1.807, 2.05) is 56.3 Å². The van der Waals surface area contributed by atoms with E-state index in [1.165, 1.54) is 0 Å². The predicted molar refractivity (Wildman–Crippen MR) is 88.6 cm³/mol. The molecule has 1 heterocycles. The van der Waals surface area contributed by atoms with Gasteiger partial charge in [-0.15, -0.1) is 0 Å². The fourth-order valence-corrected chi connectivity index (χ4v) is 2.33. The van der Waals surface area contributed by atoms with Crippen LogP contribution in [0.15, 0.2) is 47.1 Å². The van der Waals surface area contributed by atoms with E-state index in [-0.39, 0.29) is 11.9 Å². The molecule has 0 saturated heterocycles. The third-order valence-corrected chi connectivity index (χ3v) is 3.69. The zero-order chi connectivity index (χ0) is 15.4. The predicted octanol–water partition coefficient (Wildman–Crippen LogP) is 3.40. The Labute approximate surface area is 133 Å². The van der Waals surface area contributed by atoms with E-state index < -0.39 is 0 Å². The Morgan fingerprint density at radius 2 is 2.05 bits per heavy atom. The molecule has 0 bridgehead atoms. The maximum atomic E-state index is 12.2. The largest absolute Gasteiger partial charge is 0.376 e. The summed E-state index contributed by atoms with van der Waals surface area (Å²) in [4.78, 5) is 18.3. The van der Waals surface area contributed by atoms with Gasteiger partial charge >= 0.3 is 0 Å². The molecule has 1 N–H and O–H groups in total. The molecule has 0 saturated carbocycles. The molecule has 1 amide bonds. The first kappa shape index (κ1) is 15.5. The van der Waals surface area contributed by atoms with Crippen molar-refractivity contribution >= 4 is 27.5 Å². The van der Waals surface area contributed by atoms with Crippen LogP contribution in [-0.2, 0) is 0 Å². The molecule has 5 heteroatoms. The highest BCUT2D eigenvalue weighted by atomic mass is 79.9. The summed E-state index contributed by atoms with van der Waals surface area (Å²) < 4.78 is 0.995. The van der Waals surface area contributed by atoms with Crippen LogP contribution in [0.4, 0.5) is 5.69 Å². The number of benzene rings is 1. The lowest BCUT2D eigenvalue weighted by atomic mass is 10.1. The molecule has 0 fully saturated rings. The Bertz CT molecular complexity index is 626. The molecule has 1 atom stereocenters. The van der Waals surface area contributed by atoms with Gasteiger partial charge in [0.05, 0.1) is 17.9 Å². The molecule has 21 heavy (non-hydrogen) atoms. The molecule has 0 aliphatic heterocycles. The SMILES string of the molecule is C[C@@H](NC(=O)c1ccc(N(C)C)cn1)c1cccc(Br)c1. The molecule has 0 unspecified atom stereocenters. The van der Waals surface area contributed by atoms with Crippen LogP contribution in [0.5, 0.6) is 0 Å².